The van der Waals surface area contributed by atoms with Gasteiger partial charge in [-0.15, -0.1) is 0 Å². The zero-order valence-corrected chi connectivity index (χ0v) is 15.6. The highest BCUT2D eigenvalue weighted by atomic mass is 16.6. The summed E-state index contributed by atoms with van der Waals surface area (Å²) in [7, 11) is 1.87. The van der Waals surface area contributed by atoms with Crippen LogP contribution in [0.5, 0.6) is 0 Å². The van der Waals surface area contributed by atoms with Gasteiger partial charge in [-0.25, -0.2) is 0 Å². The number of nitro benzene ring substituents is 1. The second-order valence-electron chi connectivity index (χ2n) is 7.33. The lowest BCUT2D eigenvalue weighted by Crippen LogP contribution is -3.12. The van der Waals surface area contributed by atoms with Gasteiger partial charge in [0, 0.05) is 31.3 Å². The largest absolute Gasteiger partial charge is 0.341 e. The molecule has 1 heterocycles. The van der Waals surface area contributed by atoms with Crippen molar-refractivity contribution in [3.8, 4) is 0 Å². The number of rotatable bonds is 6. The molecule has 2 aromatic carbocycles. The quantitative estimate of drug-likeness (QED) is 0.627. The topological polar surface area (TPSA) is 67.9 Å². The van der Waals surface area contributed by atoms with Crippen molar-refractivity contribution in [2.45, 2.75) is 25.9 Å². The third-order valence-electron chi connectivity index (χ3n) is 5.18. The Kier molecular flexibility index (Phi) is 6.19. The van der Waals surface area contributed by atoms with Crippen molar-refractivity contribution in [3.05, 3.63) is 75.8 Å². The number of amides is 1. The van der Waals surface area contributed by atoms with Crippen molar-refractivity contribution in [1.82, 2.24) is 4.90 Å². The van der Waals surface area contributed by atoms with Crippen LogP contribution in [0.1, 0.15) is 24.0 Å². The maximum absolute atomic E-state index is 12.9. The molecule has 1 saturated heterocycles. The molecule has 0 bridgehead atoms. The van der Waals surface area contributed by atoms with Gasteiger partial charge in [0.15, 0.2) is 0 Å². The van der Waals surface area contributed by atoms with Crippen LogP contribution in [0, 0.1) is 16.0 Å². The summed E-state index contributed by atoms with van der Waals surface area (Å²) in [5.74, 6) is 0.205. The predicted octanol–water partition coefficient (Wildman–Crippen LogP) is 2.05. The molecule has 6 nitrogen and oxygen atoms in total. The predicted molar refractivity (Wildman–Crippen MR) is 103 cm³/mol. The minimum Gasteiger partial charge on any atom is -0.341 e. The van der Waals surface area contributed by atoms with Crippen LogP contribution in [0.3, 0.4) is 0 Å². The number of quaternary nitrogens is 1. The number of nitrogens with one attached hydrogen (secondary N) is 1. The first-order chi connectivity index (χ1) is 13.0. The third-order valence-corrected chi connectivity index (χ3v) is 5.18. The second-order valence-corrected chi connectivity index (χ2v) is 7.33. The Morgan fingerprint density at radius 1 is 1.19 bits per heavy atom. The van der Waals surface area contributed by atoms with E-state index in [1.54, 1.807) is 12.1 Å². The average molecular weight is 368 g/mol. The summed E-state index contributed by atoms with van der Waals surface area (Å²) in [6.45, 7) is 3.11. The number of hydrogen-bond donors (Lipinski definition) is 1. The molecule has 27 heavy (non-hydrogen) atoms. The molecule has 0 aliphatic carbocycles. The molecule has 2 aromatic rings. The Labute approximate surface area is 159 Å². The van der Waals surface area contributed by atoms with Crippen LogP contribution in [0.4, 0.5) is 5.69 Å². The van der Waals surface area contributed by atoms with Gasteiger partial charge in [-0.1, -0.05) is 42.5 Å². The Balaban J connectivity index is 1.59. The van der Waals surface area contributed by atoms with Crippen LogP contribution in [0.15, 0.2) is 54.6 Å². The van der Waals surface area contributed by atoms with Crippen LogP contribution in [0.2, 0.25) is 0 Å². The van der Waals surface area contributed by atoms with E-state index in [9.17, 15) is 14.9 Å². The molecule has 6 heteroatoms. The standard InChI is InChI=1S/C21H25N3O3/c1-22(14-17-7-3-2-4-8-17)21(25)19-10-6-12-23(16-19)15-18-9-5-11-20(13-18)24(26)27/h2-5,7-9,11,13,19H,6,10,12,14-16H2,1H3/p+1/t19-/m0/s1. The summed E-state index contributed by atoms with van der Waals surface area (Å²) < 4.78 is 0. The lowest BCUT2D eigenvalue weighted by molar-refractivity contribution is -0.921. The molecule has 0 radical (unpaired) electrons. The molecule has 2 atom stereocenters. The highest BCUT2D eigenvalue weighted by Crippen LogP contribution is 2.15. The van der Waals surface area contributed by atoms with Gasteiger partial charge < -0.3 is 9.80 Å². The van der Waals surface area contributed by atoms with Crippen LogP contribution in [-0.2, 0) is 17.9 Å². The molecule has 1 aliphatic rings. The summed E-state index contributed by atoms with van der Waals surface area (Å²) in [5.41, 5.74) is 2.20. The van der Waals surface area contributed by atoms with Gasteiger partial charge in [0.25, 0.3) is 5.69 Å². The normalized spacial score (nSPS) is 19.4. The molecule has 1 aliphatic heterocycles. The minimum absolute atomic E-state index is 0.0150. The molecule has 1 unspecified atom stereocenters. The highest BCUT2D eigenvalue weighted by molar-refractivity contribution is 5.78. The van der Waals surface area contributed by atoms with Gasteiger partial charge in [-0.05, 0) is 18.4 Å². The van der Waals surface area contributed by atoms with E-state index in [2.05, 4.69) is 0 Å². The average Bonchev–Trinajstić information content (AvgIpc) is 2.68. The monoisotopic (exact) mass is 368 g/mol. The molecule has 0 spiro atoms. The number of carbonyl (C=O) groups excluding carboxylic acids is 1. The van der Waals surface area contributed by atoms with Crippen LogP contribution in [0.25, 0.3) is 0 Å². The van der Waals surface area contributed by atoms with Gasteiger partial charge in [-0.2, -0.15) is 0 Å². The van der Waals surface area contributed by atoms with E-state index < -0.39 is 0 Å². The van der Waals surface area contributed by atoms with Crippen molar-refractivity contribution >= 4 is 11.6 Å². The first kappa shape index (κ1) is 19.0. The number of nitro groups is 1. The van der Waals surface area contributed by atoms with Crippen molar-refractivity contribution in [3.63, 3.8) is 0 Å². The van der Waals surface area contributed by atoms with Crippen molar-refractivity contribution < 1.29 is 14.6 Å². The van der Waals surface area contributed by atoms with Crippen molar-refractivity contribution in [1.29, 1.82) is 0 Å². The van der Waals surface area contributed by atoms with Crippen LogP contribution in [-0.4, -0.2) is 35.9 Å². The molecule has 1 amide bonds. The van der Waals surface area contributed by atoms with E-state index in [0.717, 1.165) is 37.1 Å². The second kappa shape index (κ2) is 8.77. The summed E-state index contributed by atoms with van der Waals surface area (Å²) in [6, 6.07) is 16.8. The van der Waals surface area contributed by atoms with E-state index in [1.807, 2.05) is 48.3 Å². The fourth-order valence-electron chi connectivity index (χ4n) is 3.84. The van der Waals surface area contributed by atoms with E-state index in [1.165, 1.54) is 11.0 Å². The Morgan fingerprint density at radius 3 is 2.67 bits per heavy atom. The molecule has 0 aromatic heterocycles. The van der Waals surface area contributed by atoms with Crippen LogP contribution >= 0.6 is 0 Å². The van der Waals surface area contributed by atoms with Gasteiger partial charge >= 0.3 is 0 Å². The van der Waals surface area contributed by atoms with Crippen LogP contribution < -0.4 is 4.90 Å². The van der Waals surface area contributed by atoms with Crippen molar-refractivity contribution in [2.75, 3.05) is 20.1 Å². The van der Waals surface area contributed by atoms with E-state index in [4.69, 9.17) is 0 Å². The van der Waals surface area contributed by atoms with E-state index in [0.29, 0.717) is 13.1 Å². The smallest absolute Gasteiger partial charge is 0.269 e. The number of hydrogen-bond acceptors (Lipinski definition) is 3. The van der Waals surface area contributed by atoms with Gasteiger partial charge in [-0.3, -0.25) is 14.9 Å². The zero-order chi connectivity index (χ0) is 19.2. The first-order valence-electron chi connectivity index (χ1n) is 9.38. The maximum atomic E-state index is 12.9. The van der Waals surface area contributed by atoms with Gasteiger partial charge in [0.2, 0.25) is 5.91 Å². The van der Waals surface area contributed by atoms with E-state index >= 15 is 0 Å². The van der Waals surface area contributed by atoms with Gasteiger partial charge in [0.05, 0.1) is 23.9 Å². The molecule has 1 fully saturated rings. The Morgan fingerprint density at radius 2 is 1.93 bits per heavy atom. The molecular formula is C21H26N3O3+. The summed E-state index contributed by atoms with van der Waals surface area (Å²) in [5, 5.41) is 11.0. The summed E-state index contributed by atoms with van der Waals surface area (Å²) >= 11 is 0. The fourth-order valence-corrected chi connectivity index (χ4v) is 3.84. The number of piperidine rings is 1. The highest BCUT2D eigenvalue weighted by Gasteiger charge is 2.30. The Bertz CT molecular complexity index is 794. The minimum atomic E-state index is -0.361. The SMILES string of the molecule is CN(Cc1ccccc1)C(=O)[C@H]1CCC[NH+](Cc2cccc([N+](=O)[O-])c2)C1. The molecule has 1 N–H and O–H groups in total. The van der Waals surface area contributed by atoms with Crippen molar-refractivity contribution in [2.24, 2.45) is 5.92 Å². The summed E-state index contributed by atoms with van der Waals surface area (Å²) in [6.07, 6.45) is 1.91. The summed E-state index contributed by atoms with van der Waals surface area (Å²) in [4.78, 5) is 26.6. The van der Waals surface area contributed by atoms with Gasteiger partial charge in [0.1, 0.15) is 6.54 Å². The first-order valence-corrected chi connectivity index (χ1v) is 9.38. The maximum Gasteiger partial charge on any atom is 0.269 e. The third kappa shape index (κ3) is 5.14. The number of non-ortho nitro benzene ring substituents is 1. The fraction of sp³-hybridized carbons (Fsp3) is 0.381. The number of likely N-dealkylation sites (tertiary alicyclic amines) is 1. The lowest BCUT2D eigenvalue weighted by atomic mass is 9.96. The number of nitrogens with zero attached hydrogens (tertiary/aromatic N) is 2. The zero-order valence-electron chi connectivity index (χ0n) is 15.6. The molecule has 0 saturated carbocycles. The number of carbonyl (C=O) groups is 1. The molecule has 3 rings (SSSR count). The lowest BCUT2D eigenvalue weighted by Gasteiger charge is -2.31. The van der Waals surface area contributed by atoms with E-state index in [-0.39, 0.29) is 22.4 Å². The number of benzene rings is 2. The Hall–Kier alpha value is -2.73. The molecular weight excluding hydrogens is 342 g/mol. The molecule has 142 valence electrons.